The lowest BCUT2D eigenvalue weighted by Crippen LogP contribution is -2.58. The van der Waals surface area contributed by atoms with Crippen LogP contribution in [0.2, 0.25) is 0 Å². The molecule has 0 bridgehead atoms. The van der Waals surface area contributed by atoms with Crippen LogP contribution in [0.4, 0.5) is 10.6 Å². The number of carbonyl (C=O) groups excluding carboxylic acids is 2. The Bertz CT molecular complexity index is 1190. The molecule has 2 heterocycles. The monoisotopic (exact) mass is 524 g/mol. The topological polar surface area (TPSA) is 143 Å². The van der Waals surface area contributed by atoms with E-state index in [1.165, 1.54) is 4.57 Å². The Morgan fingerprint density at radius 2 is 1.74 bits per heavy atom. The first kappa shape index (κ1) is 27.7. The summed E-state index contributed by atoms with van der Waals surface area (Å²) in [4.78, 5) is 47.6. The predicted octanol–water partition coefficient (Wildman–Crippen LogP) is 1.35. The number of nitrogens with zero attached hydrogens (tertiary/aromatic N) is 5. The lowest BCUT2D eigenvalue weighted by molar-refractivity contribution is -0.137. The number of amides is 3. The van der Waals surface area contributed by atoms with Gasteiger partial charge in [-0.1, -0.05) is 12.1 Å². The molecule has 11 heteroatoms. The Labute approximate surface area is 223 Å². The third kappa shape index (κ3) is 6.77. The molecule has 5 N–H and O–H groups in total. The third-order valence-corrected chi connectivity index (χ3v) is 7.43. The fourth-order valence-electron chi connectivity index (χ4n) is 5.14. The number of hydrogen-bond acceptors (Lipinski definition) is 7. The highest BCUT2D eigenvalue weighted by molar-refractivity contribution is 5.89. The van der Waals surface area contributed by atoms with E-state index in [0.29, 0.717) is 38.3 Å². The highest BCUT2D eigenvalue weighted by Crippen LogP contribution is 2.23. The van der Waals surface area contributed by atoms with Gasteiger partial charge in [-0.05, 0) is 70.3 Å². The van der Waals surface area contributed by atoms with Gasteiger partial charge in [0.2, 0.25) is 5.91 Å². The van der Waals surface area contributed by atoms with Crippen LogP contribution in [-0.2, 0) is 11.3 Å². The van der Waals surface area contributed by atoms with Crippen molar-refractivity contribution in [2.24, 2.45) is 11.5 Å². The van der Waals surface area contributed by atoms with E-state index < -0.39 is 11.2 Å². The molecule has 0 spiro atoms. The van der Waals surface area contributed by atoms with Crippen LogP contribution in [0.15, 0.2) is 41.3 Å². The third-order valence-electron chi connectivity index (χ3n) is 7.43. The lowest BCUT2D eigenvalue weighted by atomic mass is 9.91. The summed E-state index contributed by atoms with van der Waals surface area (Å²) in [6, 6.07) is 9.95. The van der Waals surface area contributed by atoms with Gasteiger partial charge in [0.25, 0.3) is 0 Å². The van der Waals surface area contributed by atoms with Crippen molar-refractivity contribution in [3.05, 3.63) is 52.6 Å². The van der Waals surface area contributed by atoms with E-state index in [1.807, 2.05) is 18.2 Å². The van der Waals surface area contributed by atoms with Gasteiger partial charge >= 0.3 is 11.7 Å². The second-order valence-corrected chi connectivity index (χ2v) is 11.1. The molecule has 38 heavy (non-hydrogen) atoms. The number of anilines is 1. The van der Waals surface area contributed by atoms with Crippen LogP contribution in [0.25, 0.3) is 5.69 Å². The SMILES string of the molecule is CN(Cc1cccc(-n2ccc(NC(=O)N3CCN(C(=O)C(C)(C)N)CC3)nc2=O)c1)C1CCC(N)CC1. The van der Waals surface area contributed by atoms with E-state index in [9.17, 15) is 14.4 Å². The van der Waals surface area contributed by atoms with Crippen LogP contribution in [-0.4, -0.2) is 87.0 Å². The Morgan fingerprint density at radius 1 is 1.08 bits per heavy atom. The minimum atomic E-state index is -0.947. The molecule has 1 aromatic carbocycles. The molecule has 0 atom stereocenters. The maximum Gasteiger partial charge on any atom is 0.354 e. The molecule has 2 aromatic rings. The molecule has 2 fully saturated rings. The molecule has 0 unspecified atom stereocenters. The molecular formula is C27H40N8O3. The molecule has 4 rings (SSSR count). The van der Waals surface area contributed by atoms with Gasteiger partial charge in [0.1, 0.15) is 5.82 Å². The second-order valence-electron chi connectivity index (χ2n) is 11.1. The van der Waals surface area contributed by atoms with Crippen molar-refractivity contribution >= 4 is 17.8 Å². The molecule has 206 valence electrons. The summed E-state index contributed by atoms with van der Waals surface area (Å²) < 4.78 is 1.47. The van der Waals surface area contributed by atoms with Gasteiger partial charge in [0.05, 0.1) is 11.2 Å². The number of nitrogens with two attached hydrogens (primary N) is 2. The summed E-state index contributed by atoms with van der Waals surface area (Å²) in [5, 5.41) is 2.70. The van der Waals surface area contributed by atoms with Crippen LogP contribution in [0.1, 0.15) is 45.1 Å². The van der Waals surface area contributed by atoms with Gasteiger partial charge in [0, 0.05) is 51.0 Å². The molecule has 1 saturated heterocycles. The summed E-state index contributed by atoms with van der Waals surface area (Å²) in [6.07, 6.45) is 5.94. The van der Waals surface area contributed by atoms with Crippen molar-refractivity contribution in [2.75, 3.05) is 38.5 Å². The van der Waals surface area contributed by atoms with Crippen LogP contribution in [0.5, 0.6) is 0 Å². The molecule has 1 saturated carbocycles. The number of urea groups is 1. The van der Waals surface area contributed by atoms with Gasteiger partial charge in [-0.2, -0.15) is 4.98 Å². The number of hydrogen-bond donors (Lipinski definition) is 3. The molecule has 1 aromatic heterocycles. The van der Waals surface area contributed by atoms with Crippen molar-refractivity contribution in [1.29, 1.82) is 0 Å². The Hall–Kier alpha value is -3.28. The summed E-state index contributed by atoms with van der Waals surface area (Å²) in [5.41, 5.74) is 12.4. The largest absolute Gasteiger partial charge is 0.354 e. The number of aromatic nitrogens is 2. The van der Waals surface area contributed by atoms with E-state index in [1.54, 1.807) is 35.9 Å². The van der Waals surface area contributed by atoms with Gasteiger partial charge in [-0.25, -0.2) is 9.59 Å². The Balaban J connectivity index is 1.35. The number of benzene rings is 1. The summed E-state index contributed by atoms with van der Waals surface area (Å²) in [7, 11) is 2.14. The van der Waals surface area contributed by atoms with Crippen molar-refractivity contribution < 1.29 is 9.59 Å². The van der Waals surface area contributed by atoms with E-state index >= 15 is 0 Å². The number of rotatable bonds is 6. The van der Waals surface area contributed by atoms with E-state index in [0.717, 1.165) is 43.5 Å². The molecule has 1 aliphatic carbocycles. The maximum absolute atomic E-state index is 12.8. The van der Waals surface area contributed by atoms with E-state index in [-0.39, 0.29) is 17.8 Å². The summed E-state index contributed by atoms with van der Waals surface area (Å²) in [6.45, 7) is 5.68. The zero-order valence-electron chi connectivity index (χ0n) is 22.6. The molecule has 3 amide bonds. The van der Waals surface area contributed by atoms with Crippen molar-refractivity contribution in [3.8, 4) is 5.69 Å². The molecule has 0 radical (unpaired) electrons. The maximum atomic E-state index is 12.8. The summed E-state index contributed by atoms with van der Waals surface area (Å²) >= 11 is 0. The first-order valence-corrected chi connectivity index (χ1v) is 13.3. The first-order valence-electron chi connectivity index (χ1n) is 13.3. The lowest BCUT2D eigenvalue weighted by Gasteiger charge is -2.37. The van der Waals surface area contributed by atoms with Gasteiger partial charge in [-0.3, -0.25) is 19.6 Å². The average molecular weight is 525 g/mol. The highest BCUT2D eigenvalue weighted by atomic mass is 16.2. The Kier molecular flexibility index (Phi) is 8.49. The smallest absolute Gasteiger partial charge is 0.338 e. The second kappa shape index (κ2) is 11.6. The fraction of sp³-hybridized carbons (Fsp3) is 0.556. The molecular weight excluding hydrogens is 484 g/mol. The zero-order valence-corrected chi connectivity index (χ0v) is 22.6. The van der Waals surface area contributed by atoms with Crippen LogP contribution in [0, 0.1) is 0 Å². The average Bonchev–Trinajstić information content (AvgIpc) is 2.88. The van der Waals surface area contributed by atoms with Crippen LogP contribution < -0.4 is 22.5 Å². The number of carbonyl (C=O) groups is 2. The highest BCUT2D eigenvalue weighted by Gasteiger charge is 2.31. The van der Waals surface area contributed by atoms with Crippen molar-refractivity contribution in [3.63, 3.8) is 0 Å². The van der Waals surface area contributed by atoms with Crippen molar-refractivity contribution in [1.82, 2.24) is 24.3 Å². The van der Waals surface area contributed by atoms with Crippen LogP contribution in [0.3, 0.4) is 0 Å². The minimum Gasteiger partial charge on any atom is -0.338 e. The standard InChI is InChI=1S/C27H40N8O3/c1-27(2,29)24(36)33-13-15-34(16-14-33)25(37)30-23-11-12-35(26(38)31-23)22-6-4-5-19(17-22)18-32(3)21-9-7-20(28)8-10-21/h4-6,11-12,17,20-21H,7-10,13-16,18,28-29H2,1-3H3,(H,30,31,37,38). The van der Waals surface area contributed by atoms with Gasteiger partial charge in [-0.15, -0.1) is 0 Å². The molecule has 11 nitrogen and oxygen atoms in total. The predicted molar refractivity (Wildman–Crippen MR) is 147 cm³/mol. The van der Waals surface area contributed by atoms with E-state index in [2.05, 4.69) is 28.3 Å². The molecule has 2 aliphatic rings. The van der Waals surface area contributed by atoms with Gasteiger partial charge in [0.15, 0.2) is 0 Å². The van der Waals surface area contributed by atoms with Crippen LogP contribution >= 0.6 is 0 Å². The van der Waals surface area contributed by atoms with Crippen molar-refractivity contribution in [2.45, 2.75) is 63.7 Å². The fourth-order valence-corrected chi connectivity index (χ4v) is 5.14. The number of nitrogens with one attached hydrogen (secondary N) is 1. The number of piperazine rings is 1. The quantitative estimate of drug-likeness (QED) is 0.518. The minimum absolute atomic E-state index is 0.141. The van der Waals surface area contributed by atoms with Gasteiger partial charge < -0.3 is 21.3 Å². The molecule has 1 aliphatic heterocycles. The zero-order chi connectivity index (χ0) is 27.4. The van der Waals surface area contributed by atoms with E-state index in [4.69, 9.17) is 11.5 Å². The normalized spacial score (nSPS) is 20.5. The Morgan fingerprint density at radius 3 is 2.37 bits per heavy atom. The first-order chi connectivity index (χ1) is 18.0. The summed E-state index contributed by atoms with van der Waals surface area (Å²) in [5.74, 6) is 0.0431.